The van der Waals surface area contributed by atoms with Crippen LogP contribution in [0.4, 0.5) is 16.2 Å². The zero-order chi connectivity index (χ0) is 31.1. The third-order valence-electron chi connectivity index (χ3n) is 6.63. The summed E-state index contributed by atoms with van der Waals surface area (Å²) in [7, 11) is 1.47. The van der Waals surface area contributed by atoms with Crippen LogP contribution in [0.25, 0.3) is 6.08 Å². The second kappa shape index (κ2) is 13.4. The Kier molecular flexibility index (Phi) is 9.00. The number of imide groups is 2. The van der Waals surface area contributed by atoms with Crippen LogP contribution in [0.3, 0.4) is 0 Å². The van der Waals surface area contributed by atoms with Crippen LogP contribution in [0.1, 0.15) is 16.7 Å². The van der Waals surface area contributed by atoms with Gasteiger partial charge in [-0.05, 0) is 72.7 Å². The molecule has 1 fully saturated rings. The molecule has 0 aromatic heterocycles. The van der Waals surface area contributed by atoms with Gasteiger partial charge in [0.15, 0.2) is 6.61 Å². The molecule has 0 radical (unpaired) electrons. The fraction of sp³-hybridized carbons (Fsp3) is 0.118. The number of benzene rings is 4. The summed E-state index contributed by atoms with van der Waals surface area (Å²) in [4.78, 5) is 52.5. The van der Waals surface area contributed by atoms with E-state index in [0.29, 0.717) is 29.4 Å². The van der Waals surface area contributed by atoms with Gasteiger partial charge in [-0.2, -0.15) is 0 Å². The van der Waals surface area contributed by atoms with Crippen molar-refractivity contribution in [3.63, 3.8) is 0 Å². The molecule has 5 amide bonds. The summed E-state index contributed by atoms with van der Waals surface area (Å²) >= 11 is 0. The van der Waals surface area contributed by atoms with Gasteiger partial charge in [0.1, 0.15) is 29.4 Å². The van der Waals surface area contributed by atoms with Gasteiger partial charge in [-0.3, -0.25) is 19.7 Å². The first-order chi connectivity index (χ1) is 21.3. The quantitative estimate of drug-likeness (QED) is 0.190. The van der Waals surface area contributed by atoms with E-state index in [9.17, 15) is 19.2 Å². The third kappa shape index (κ3) is 7.11. The van der Waals surface area contributed by atoms with Crippen molar-refractivity contribution in [3.05, 3.63) is 119 Å². The number of hydrogen-bond acceptors (Lipinski definition) is 7. The maximum absolute atomic E-state index is 13.5. The van der Waals surface area contributed by atoms with Crippen molar-refractivity contribution in [3.8, 4) is 17.2 Å². The van der Waals surface area contributed by atoms with E-state index in [4.69, 9.17) is 14.2 Å². The molecule has 1 aliphatic heterocycles. The number of carbonyl (C=O) groups is 4. The Labute approximate surface area is 253 Å². The first-order valence-corrected chi connectivity index (χ1v) is 13.7. The Morgan fingerprint density at radius 2 is 1.61 bits per heavy atom. The normalized spacial score (nSPS) is 13.8. The molecule has 4 aromatic carbocycles. The number of aryl methyl sites for hydroxylation is 1. The molecule has 1 aliphatic rings. The molecule has 0 atom stereocenters. The number of barbiturate groups is 1. The van der Waals surface area contributed by atoms with Crippen LogP contribution in [-0.4, -0.2) is 37.5 Å². The van der Waals surface area contributed by atoms with Crippen molar-refractivity contribution in [1.82, 2.24) is 5.32 Å². The van der Waals surface area contributed by atoms with E-state index < -0.39 is 23.8 Å². The van der Waals surface area contributed by atoms with Crippen molar-refractivity contribution in [2.75, 3.05) is 23.9 Å². The molecule has 0 saturated carbocycles. The van der Waals surface area contributed by atoms with Crippen LogP contribution in [0.2, 0.25) is 0 Å². The summed E-state index contributed by atoms with van der Waals surface area (Å²) < 4.78 is 16.9. The van der Waals surface area contributed by atoms with E-state index >= 15 is 0 Å². The average Bonchev–Trinajstić information content (AvgIpc) is 3.02. The van der Waals surface area contributed by atoms with Crippen molar-refractivity contribution in [2.45, 2.75) is 13.5 Å². The number of ether oxygens (including phenoxy) is 3. The summed E-state index contributed by atoms with van der Waals surface area (Å²) in [5, 5.41) is 4.98. The topological polar surface area (TPSA) is 123 Å². The Morgan fingerprint density at radius 3 is 2.34 bits per heavy atom. The Bertz CT molecular complexity index is 1730. The highest BCUT2D eigenvalue weighted by Gasteiger charge is 2.37. The van der Waals surface area contributed by atoms with Gasteiger partial charge < -0.3 is 19.5 Å². The molecule has 0 aliphatic carbocycles. The summed E-state index contributed by atoms with van der Waals surface area (Å²) in [6.45, 7) is 1.92. The molecule has 0 bridgehead atoms. The molecule has 5 rings (SSSR count). The Balaban J connectivity index is 1.33. The SMILES string of the molecule is COc1ccc(/C=C2\C(=O)NC(=O)N(c3ccc(OCc4ccccc4)cc3)C2=O)c(OCC(=O)Nc2cccc(C)c2)c1. The molecule has 1 heterocycles. The zero-order valence-corrected chi connectivity index (χ0v) is 24.0. The lowest BCUT2D eigenvalue weighted by Gasteiger charge is -2.26. The van der Waals surface area contributed by atoms with Crippen LogP contribution in [0.5, 0.6) is 17.2 Å². The maximum atomic E-state index is 13.5. The molecule has 44 heavy (non-hydrogen) atoms. The Hall–Kier alpha value is -5.90. The predicted octanol–water partition coefficient (Wildman–Crippen LogP) is 5.27. The minimum Gasteiger partial charge on any atom is -0.497 e. The standard InChI is InChI=1S/C34H29N3O7/c1-22-7-6-10-25(17-22)35-31(38)21-44-30-19-28(42-2)14-11-24(30)18-29-32(39)36-34(41)37(33(29)40)26-12-15-27(16-13-26)43-20-23-8-4-3-5-9-23/h3-19H,20-21H2,1-2H3,(H,35,38)(H,36,39,41)/b29-18+. The van der Waals surface area contributed by atoms with Gasteiger partial charge in [0.25, 0.3) is 17.7 Å². The molecule has 0 unspecified atom stereocenters. The van der Waals surface area contributed by atoms with Crippen molar-refractivity contribution in [1.29, 1.82) is 0 Å². The molecular formula is C34H29N3O7. The average molecular weight is 592 g/mol. The number of nitrogens with zero attached hydrogens (tertiary/aromatic N) is 1. The first kappa shape index (κ1) is 29.6. The molecule has 0 spiro atoms. The lowest BCUT2D eigenvalue weighted by molar-refractivity contribution is -0.122. The van der Waals surface area contributed by atoms with Gasteiger partial charge in [0, 0.05) is 17.3 Å². The van der Waals surface area contributed by atoms with Crippen molar-refractivity contribution in [2.24, 2.45) is 0 Å². The van der Waals surface area contributed by atoms with E-state index in [1.54, 1.807) is 42.5 Å². The minimum atomic E-state index is -0.880. The second-order valence-electron chi connectivity index (χ2n) is 9.84. The van der Waals surface area contributed by atoms with Crippen LogP contribution in [0, 0.1) is 6.92 Å². The largest absolute Gasteiger partial charge is 0.497 e. The number of carbonyl (C=O) groups excluding carboxylic acids is 4. The number of methoxy groups -OCH3 is 1. The summed E-state index contributed by atoms with van der Waals surface area (Å²) in [6, 6.07) is 27.2. The van der Waals surface area contributed by atoms with E-state index in [0.717, 1.165) is 16.0 Å². The van der Waals surface area contributed by atoms with Gasteiger partial charge in [0.05, 0.1) is 12.8 Å². The highest BCUT2D eigenvalue weighted by Crippen LogP contribution is 2.30. The Morgan fingerprint density at radius 1 is 0.864 bits per heavy atom. The number of hydrogen-bond donors (Lipinski definition) is 2. The van der Waals surface area contributed by atoms with Gasteiger partial charge in [-0.25, -0.2) is 9.69 Å². The van der Waals surface area contributed by atoms with Crippen LogP contribution >= 0.6 is 0 Å². The predicted molar refractivity (Wildman–Crippen MR) is 165 cm³/mol. The molecule has 10 heteroatoms. The highest BCUT2D eigenvalue weighted by molar-refractivity contribution is 6.39. The molecular weight excluding hydrogens is 562 g/mol. The number of amides is 5. The van der Waals surface area contributed by atoms with E-state index in [-0.39, 0.29) is 23.6 Å². The van der Waals surface area contributed by atoms with Gasteiger partial charge in [-0.1, -0.05) is 42.5 Å². The van der Waals surface area contributed by atoms with Crippen LogP contribution in [-0.2, 0) is 21.0 Å². The van der Waals surface area contributed by atoms with Crippen LogP contribution < -0.4 is 29.7 Å². The van der Waals surface area contributed by atoms with Gasteiger partial charge >= 0.3 is 6.03 Å². The number of anilines is 2. The fourth-order valence-corrected chi connectivity index (χ4v) is 4.43. The summed E-state index contributed by atoms with van der Waals surface area (Å²) in [6.07, 6.45) is 1.31. The lowest BCUT2D eigenvalue weighted by Crippen LogP contribution is -2.54. The summed E-state index contributed by atoms with van der Waals surface area (Å²) in [5.74, 6) is -0.918. The number of urea groups is 1. The lowest BCUT2D eigenvalue weighted by atomic mass is 10.1. The molecule has 1 saturated heterocycles. The third-order valence-corrected chi connectivity index (χ3v) is 6.63. The second-order valence-corrected chi connectivity index (χ2v) is 9.84. The number of nitrogens with one attached hydrogen (secondary N) is 2. The zero-order valence-electron chi connectivity index (χ0n) is 24.0. The smallest absolute Gasteiger partial charge is 0.335 e. The number of rotatable bonds is 10. The van der Waals surface area contributed by atoms with E-state index in [1.807, 2.05) is 55.5 Å². The van der Waals surface area contributed by atoms with Crippen molar-refractivity contribution < 1.29 is 33.4 Å². The van der Waals surface area contributed by atoms with Crippen molar-refractivity contribution >= 4 is 41.2 Å². The molecule has 222 valence electrons. The van der Waals surface area contributed by atoms with Gasteiger partial charge in [-0.15, -0.1) is 0 Å². The first-order valence-electron chi connectivity index (χ1n) is 13.7. The van der Waals surface area contributed by atoms with Gasteiger partial charge in [0.2, 0.25) is 0 Å². The maximum Gasteiger partial charge on any atom is 0.335 e. The van der Waals surface area contributed by atoms with E-state index in [1.165, 1.54) is 19.3 Å². The minimum absolute atomic E-state index is 0.195. The van der Waals surface area contributed by atoms with E-state index in [2.05, 4.69) is 10.6 Å². The molecule has 10 nitrogen and oxygen atoms in total. The monoisotopic (exact) mass is 591 g/mol. The highest BCUT2D eigenvalue weighted by atomic mass is 16.5. The fourth-order valence-electron chi connectivity index (χ4n) is 4.43. The molecule has 4 aromatic rings. The van der Waals surface area contributed by atoms with Crippen LogP contribution in [0.15, 0.2) is 103 Å². The molecule has 2 N–H and O–H groups in total. The summed E-state index contributed by atoms with van der Waals surface area (Å²) in [5.41, 5.74) is 2.87.